The van der Waals surface area contributed by atoms with Crippen LogP contribution in [0.3, 0.4) is 0 Å². The van der Waals surface area contributed by atoms with Crippen LogP contribution in [-0.2, 0) is 6.42 Å². The Bertz CT molecular complexity index is 1410. The normalized spacial score (nSPS) is 17.8. The van der Waals surface area contributed by atoms with Crippen molar-refractivity contribution in [3.05, 3.63) is 65.2 Å². The van der Waals surface area contributed by atoms with Crippen molar-refractivity contribution in [3.63, 3.8) is 0 Å². The van der Waals surface area contributed by atoms with Gasteiger partial charge in [0.2, 0.25) is 0 Å². The topological polar surface area (TPSA) is 84.3 Å². The highest BCUT2D eigenvalue weighted by atomic mass is 35.5. The monoisotopic (exact) mass is 525 g/mol. The van der Waals surface area contributed by atoms with Crippen LogP contribution in [-0.4, -0.2) is 44.7 Å². The van der Waals surface area contributed by atoms with Crippen LogP contribution in [0.15, 0.2) is 42.7 Å². The van der Waals surface area contributed by atoms with E-state index in [9.17, 15) is 9.50 Å². The Balaban J connectivity index is 1.63. The minimum Gasteiger partial charge on any atom is -0.507 e. The van der Waals surface area contributed by atoms with Gasteiger partial charge in [-0.1, -0.05) is 31.5 Å². The van der Waals surface area contributed by atoms with E-state index in [4.69, 9.17) is 16.3 Å². The Morgan fingerprint density at radius 1 is 1.05 bits per heavy atom. The Hall–Kier alpha value is -3.59. The fourth-order valence-electron chi connectivity index (χ4n) is 4.98. The van der Waals surface area contributed by atoms with Crippen LogP contribution < -0.4 is 9.64 Å². The molecule has 7 nitrogen and oxygen atoms in total. The van der Waals surface area contributed by atoms with E-state index in [1.807, 2.05) is 0 Å². The molecule has 2 aromatic heterocycles. The molecule has 3 heterocycles. The number of piperidine rings is 1. The van der Waals surface area contributed by atoms with Gasteiger partial charge in [-0.05, 0) is 42.5 Å². The summed E-state index contributed by atoms with van der Waals surface area (Å²) in [5, 5.41) is 10.7. The number of aromatic hydroxyl groups is 1. The molecule has 0 bridgehead atoms. The summed E-state index contributed by atoms with van der Waals surface area (Å²) < 4.78 is 36.6. The van der Waals surface area contributed by atoms with Crippen LogP contribution in [0.2, 0.25) is 5.02 Å². The van der Waals surface area contributed by atoms with Gasteiger partial charge < -0.3 is 14.7 Å². The fraction of sp³-hybridized carbons (Fsp3) is 0.333. The van der Waals surface area contributed by atoms with Crippen molar-refractivity contribution in [1.82, 2.24) is 19.9 Å². The quantitative estimate of drug-likeness (QED) is 0.339. The lowest BCUT2D eigenvalue weighted by atomic mass is 9.91. The van der Waals surface area contributed by atoms with E-state index in [1.165, 1.54) is 18.2 Å². The molecular formula is C27H26ClF2N5O2. The highest BCUT2D eigenvalue weighted by Crippen LogP contribution is 2.43. The molecule has 1 aliphatic rings. The highest BCUT2D eigenvalue weighted by Gasteiger charge is 2.28. The summed E-state index contributed by atoms with van der Waals surface area (Å²) in [6.07, 6.45) is 4.77. The van der Waals surface area contributed by atoms with E-state index < -0.39 is 17.4 Å². The van der Waals surface area contributed by atoms with Crippen molar-refractivity contribution in [3.8, 4) is 22.9 Å². The number of nitrogens with zero attached hydrogens (tertiary/aromatic N) is 5. The number of anilines is 1. The molecule has 1 fully saturated rings. The Labute approximate surface area is 218 Å². The number of hydrogen-bond donors (Lipinski definition) is 1. The van der Waals surface area contributed by atoms with Gasteiger partial charge >= 0.3 is 6.01 Å². The van der Waals surface area contributed by atoms with Gasteiger partial charge in [0, 0.05) is 42.9 Å². The van der Waals surface area contributed by atoms with Crippen molar-refractivity contribution in [2.45, 2.75) is 26.7 Å². The predicted molar refractivity (Wildman–Crippen MR) is 138 cm³/mol. The standard InChI is InChI=1S/C27H26ClF2N5O2/c1-15-11-16(2)14-35(13-15)26-17-12-18(28)22(23-19(29)5-3-6-20(23)36)24(30)25(17)33-27(34-26)37-10-7-21-31-8-4-9-32-21/h3-6,8-9,12,15-16,36H,7,10-11,13-14H2,1-2H3/t15-,16+. The van der Waals surface area contributed by atoms with Crippen molar-refractivity contribution >= 4 is 28.3 Å². The van der Waals surface area contributed by atoms with Gasteiger partial charge in [0.25, 0.3) is 0 Å². The van der Waals surface area contributed by atoms with Crippen LogP contribution in [0.4, 0.5) is 14.6 Å². The van der Waals surface area contributed by atoms with Gasteiger partial charge in [-0.3, -0.25) is 0 Å². The average Bonchev–Trinajstić information content (AvgIpc) is 2.86. The van der Waals surface area contributed by atoms with E-state index in [1.54, 1.807) is 18.5 Å². The van der Waals surface area contributed by atoms with Crippen LogP contribution in [0.1, 0.15) is 26.1 Å². The summed E-state index contributed by atoms with van der Waals surface area (Å²) in [4.78, 5) is 19.4. The minimum atomic E-state index is -0.860. The molecule has 0 unspecified atom stereocenters. The molecule has 1 saturated heterocycles. The zero-order valence-corrected chi connectivity index (χ0v) is 21.2. The first-order chi connectivity index (χ1) is 17.8. The molecule has 2 aromatic carbocycles. The molecule has 5 rings (SSSR count). The van der Waals surface area contributed by atoms with Crippen LogP contribution >= 0.6 is 11.6 Å². The van der Waals surface area contributed by atoms with Crippen molar-refractivity contribution in [2.75, 3.05) is 24.6 Å². The molecule has 0 spiro atoms. The molecule has 0 aliphatic carbocycles. The molecule has 0 amide bonds. The van der Waals surface area contributed by atoms with Crippen LogP contribution in [0.5, 0.6) is 11.8 Å². The maximum Gasteiger partial charge on any atom is 0.319 e. The minimum absolute atomic E-state index is 0.0192. The van der Waals surface area contributed by atoms with Crippen LogP contribution in [0, 0.1) is 23.5 Å². The largest absolute Gasteiger partial charge is 0.507 e. The lowest BCUT2D eigenvalue weighted by molar-refractivity contribution is 0.293. The lowest BCUT2D eigenvalue weighted by Gasteiger charge is -2.36. The SMILES string of the molecule is C[C@@H]1C[C@H](C)CN(c2nc(OCCc3ncccn3)nc3c(F)c(-c4c(O)cccc4F)c(Cl)cc23)C1. The van der Waals surface area contributed by atoms with Gasteiger partial charge in [-0.25, -0.2) is 18.7 Å². The third kappa shape index (κ3) is 5.13. The second-order valence-corrected chi connectivity index (χ2v) is 9.93. The smallest absolute Gasteiger partial charge is 0.319 e. The summed E-state index contributed by atoms with van der Waals surface area (Å²) in [5.41, 5.74) is -0.654. The van der Waals surface area contributed by atoms with Crippen molar-refractivity contribution < 1.29 is 18.6 Å². The maximum atomic E-state index is 16.1. The summed E-state index contributed by atoms with van der Waals surface area (Å²) in [7, 11) is 0. The lowest BCUT2D eigenvalue weighted by Crippen LogP contribution is -2.39. The zero-order chi connectivity index (χ0) is 26.1. The first kappa shape index (κ1) is 25.1. The fourth-order valence-corrected chi connectivity index (χ4v) is 5.27. The van der Waals surface area contributed by atoms with E-state index in [0.29, 0.717) is 35.3 Å². The second-order valence-electron chi connectivity index (χ2n) is 9.52. The molecule has 10 heteroatoms. The Morgan fingerprint density at radius 3 is 2.49 bits per heavy atom. The molecule has 4 aromatic rings. The third-order valence-electron chi connectivity index (χ3n) is 6.43. The van der Waals surface area contributed by atoms with Gasteiger partial charge in [-0.2, -0.15) is 9.97 Å². The van der Waals surface area contributed by atoms with Crippen molar-refractivity contribution in [1.29, 1.82) is 0 Å². The van der Waals surface area contributed by atoms with Gasteiger partial charge in [0.1, 0.15) is 28.7 Å². The van der Waals surface area contributed by atoms with Crippen LogP contribution in [0.25, 0.3) is 22.0 Å². The summed E-state index contributed by atoms with van der Waals surface area (Å²) in [6.45, 7) is 5.95. The first-order valence-electron chi connectivity index (χ1n) is 12.1. The summed E-state index contributed by atoms with van der Waals surface area (Å²) >= 11 is 6.51. The summed E-state index contributed by atoms with van der Waals surface area (Å²) in [6, 6.07) is 6.99. The van der Waals surface area contributed by atoms with E-state index in [-0.39, 0.29) is 34.3 Å². The number of ether oxygens (including phenoxy) is 1. The zero-order valence-electron chi connectivity index (χ0n) is 20.5. The number of phenolic OH excluding ortho intramolecular Hbond substituents is 1. The van der Waals surface area contributed by atoms with Gasteiger partial charge in [-0.15, -0.1) is 0 Å². The molecule has 0 radical (unpaired) electrons. The summed E-state index contributed by atoms with van der Waals surface area (Å²) in [5.74, 6) is -0.177. The molecule has 0 saturated carbocycles. The number of rotatable bonds is 6. The predicted octanol–water partition coefficient (Wildman–Crippen LogP) is 5.83. The van der Waals surface area contributed by atoms with E-state index in [0.717, 1.165) is 25.6 Å². The number of benzene rings is 2. The van der Waals surface area contributed by atoms with E-state index >= 15 is 4.39 Å². The molecule has 1 aliphatic heterocycles. The number of fused-ring (bicyclic) bond motifs is 1. The average molecular weight is 526 g/mol. The van der Waals surface area contributed by atoms with Gasteiger partial charge in [0.15, 0.2) is 5.82 Å². The molecule has 1 N–H and O–H groups in total. The number of halogens is 3. The highest BCUT2D eigenvalue weighted by molar-refractivity contribution is 6.34. The Morgan fingerprint density at radius 2 is 1.78 bits per heavy atom. The van der Waals surface area contributed by atoms with Crippen molar-refractivity contribution in [2.24, 2.45) is 11.8 Å². The number of hydrogen-bond acceptors (Lipinski definition) is 7. The maximum absolute atomic E-state index is 16.1. The molecule has 192 valence electrons. The molecular weight excluding hydrogens is 500 g/mol. The number of aromatic nitrogens is 4. The van der Waals surface area contributed by atoms with E-state index in [2.05, 4.69) is 38.7 Å². The second kappa shape index (κ2) is 10.4. The molecule has 37 heavy (non-hydrogen) atoms. The first-order valence-corrected chi connectivity index (χ1v) is 12.5. The molecule has 2 atom stereocenters. The Kier molecular flexibility index (Phi) is 7.06. The third-order valence-corrected chi connectivity index (χ3v) is 6.73. The number of phenols is 1. The van der Waals surface area contributed by atoms with Gasteiger partial charge in [0.05, 0.1) is 17.2 Å².